The molecule has 0 atom stereocenters. The van der Waals surface area contributed by atoms with Gasteiger partial charge >= 0.3 is 5.97 Å². The van der Waals surface area contributed by atoms with Crippen molar-refractivity contribution in [2.24, 2.45) is 0 Å². The van der Waals surface area contributed by atoms with Gasteiger partial charge in [0.1, 0.15) is 11.4 Å². The first-order valence-corrected chi connectivity index (χ1v) is 5.97. The van der Waals surface area contributed by atoms with Gasteiger partial charge in [-0.15, -0.1) is 0 Å². The Kier molecular flexibility index (Phi) is 2.87. The third kappa shape index (κ3) is 1.90. The highest BCUT2D eigenvalue weighted by atomic mass is 35.5. The molecule has 0 aliphatic carbocycles. The monoisotopic (exact) mass is 291 g/mol. The number of rotatable bonds is 2. The van der Waals surface area contributed by atoms with E-state index < -0.39 is 11.8 Å². The summed E-state index contributed by atoms with van der Waals surface area (Å²) >= 11 is 5.76. The number of nitrogens with zero attached hydrogens (tertiary/aromatic N) is 3. The number of hydrogen-bond donors (Lipinski definition) is 1. The summed E-state index contributed by atoms with van der Waals surface area (Å²) in [5.41, 5.74) is 1.41. The zero-order valence-electron chi connectivity index (χ0n) is 9.92. The quantitative estimate of drug-likeness (QED) is 0.788. The van der Waals surface area contributed by atoms with Gasteiger partial charge in [-0.25, -0.2) is 18.7 Å². The summed E-state index contributed by atoms with van der Waals surface area (Å²) in [5, 5.41) is 13.0. The Balaban J connectivity index is 2.26. The SMILES string of the molecule is O=C(O)c1cnn2c(-c3ccc(F)c(Cl)c3)ccnc12. The van der Waals surface area contributed by atoms with Crippen LogP contribution in [0.5, 0.6) is 0 Å². The van der Waals surface area contributed by atoms with Crippen molar-refractivity contribution in [2.45, 2.75) is 0 Å². The van der Waals surface area contributed by atoms with Crippen molar-refractivity contribution < 1.29 is 14.3 Å². The van der Waals surface area contributed by atoms with Crippen molar-refractivity contribution in [3.05, 3.63) is 53.1 Å². The van der Waals surface area contributed by atoms with Crippen LogP contribution in [0, 0.1) is 5.82 Å². The maximum absolute atomic E-state index is 13.2. The van der Waals surface area contributed by atoms with Crippen molar-refractivity contribution in [3.8, 4) is 11.3 Å². The summed E-state index contributed by atoms with van der Waals surface area (Å²) in [5.74, 6) is -1.63. The predicted molar refractivity (Wildman–Crippen MR) is 70.4 cm³/mol. The van der Waals surface area contributed by atoms with Crippen LogP contribution in [0.25, 0.3) is 16.9 Å². The van der Waals surface area contributed by atoms with Gasteiger partial charge in [0, 0.05) is 11.8 Å². The standard InChI is InChI=1S/C13H7ClFN3O2/c14-9-5-7(1-2-10(9)15)11-3-4-16-12-8(13(19)20)6-17-18(11)12/h1-6H,(H,19,20). The van der Waals surface area contributed by atoms with Crippen LogP contribution < -0.4 is 0 Å². The first-order chi connectivity index (χ1) is 9.58. The van der Waals surface area contributed by atoms with Crippen LogP contribution in [0.2, 0.25) is 5.02 Å². The molecule has 0 bridgehead atoms. The highest BCUT2D eigenvalue weighted by Gasteiger charge is 2.15. The average Bonchev–Trinajstić information content (AvgIpc) is 2.86. The van der Waals surface area contributed by atoms with Gasteiger partial charge in [-0.3, -0.25) is 0 Å². The lowest BCUT2D eigenvalue weighted by Gasteiger charge is -2.05. The Morgan fingerprint density at radius 1 is 1.35 bits per heavy atom. The molecule has 0 saturated carbocycles. The zero-order valence-corrected chi connectivity index (χ0v) is 10.7. The highest BCUT2D eigenvalue weighted by molar-refractivity contribution is 6.31. The van der Waals surface area contributed by atoms with Gasteiger partial charge in [-0.2, -0.15) is 5.10 Å². The number of carboxylic acids is 1. The first-order valence-electron chi connectivity index (χ1n) is 5.59. The minimum Gasteiger partial charge on any atom is -0.477 e. The molecule has 2 heterocycles. The van der Waals surface area contributed by atoms with E-state index in [9.17, 15) is 9.18 Å². The molecule has 0 saturated heterocycles. The average molecular weight is 292 g/mol. The summed E-state index contributed by atoms with van der Waals surface area (Å²) in [6.07, 6.45) is 2.69. The molecule has 0 amide bonds. The Bertz CT molecular complexity index is 832. The van der Waals surface area contributed by atoms with E-state index in [1.54, 1.807) is 6.07 Å². The molecule has 0 aliphatic heterocycles. The molecule has 0 unspecified atom stereocenters. The molecule has 20 heavy (non-hydrogen) atoms. The maximum Gasteiger partial charge on any atom is 0.341 e. The Labute approximate surface area is 117 Å². The summed E-state index contributed by atoms with van der Waals surface area (Å²) in [6, 6.07) is 5.88. The molecule has 100 valence electrons. The summed E-state index contributed by atoms with van der Waals surface area (Å²) < 4.78 is 14.6. The van der Waals surface area contributed by atoms with E-state index in [1.165, 1.54) is 35.1 Å². The molecular formula is C13H7ClFN3O2. The molecule has 1 N–H and O–H groups in total. The molecule has 0 aliphatic rings. The fourth-order valence-electron chi connectivity index (χ4n) is 1.92. The van der Waals surface area contributed by atoms with Crippen molar-refractivity contribution in [1.82, 2.24) is 14.6 Å². The van der Waals surface area contributed by atoms with E-state index in [4.69, 9.17) is 16.7 Å². The molecule has 3 rings (SSSR count). The maximum atomic E-state index is 13.2. The number of aromatic carboxylic acids is 1. The van der Waals surface area contributed by atoms with Crippen LogP contribution in [-0.4, -0.2) is 25.7 Å². The largest absolute Gasteiger partial charge is 0.477 e. The number of benzene rings is 1. The number of fused-ring (bicyclic) bond motifs is 1. The second-order valence-corrected chi connectivity index (χ2v) is 4.46. The van der Waals surface area contributed by atoms with Crippen molar-refractivity contribution in [1.29, 1.82) is 0 Å². The molecule has 1 aromatic carbocycles. The lowest BCUT2D eigenvalue weighted by molar-refractivity contribution is 0.0699. The molecule has 0 radical (unpaired) electrons. The van der Waals surface area contributed by atoms with E-state index in [2.05, 4.69) is 10.1 Å². The highest BCUT2D eigenvalue weighted by Crippen LogP contribution is 2.25. The van der Waals surface area contributed by atoms with Crippen LogP contribution in [-0.2, 0) is 0 Å². The predicted octanol–water partition coefficient (Wildman–Crippen LogP) is 2.89. The number of halogens is 2. The molecule has 7 heteroatoms. The molecule has 2 aromatic heterocycles. The van der Waals surface area contributed by atoms with Gasteiger partial charge in [0.15, 0.2) is 5.65 Å². The van der Waals surface area contributed by atoms with Crippen LogP contribution in [0.1, 0.15) is 10.4 Å². The number of hydrogen-bond acceptors (Lipinski definition) is 3. The van der Waals surface area contributed by atoms with Crippen LogP contribution in [0.4, 0.5) is 4.39 Å². The van der Waals surface area contributed by atoms with E-state index in [-0.39, 0.29) is 16.2 Å². The van der Waals surface area contributed by atoms with E-state index in [0.717, 1.165) is 0 Å². The van der Waals surface area contributed by atoms with Gasteiger partial charge in [0.2, 0.25) is 0 Å². The molecular weight excluding hydrogens is 285 g/mol. The number of carbonyl (C=O) groups is 1. The van der Waals surface area contributed by atoms with E-state index in [0.29, 0.717) is 11.3 Å². The molecule has 3 aromatic rings. The smallest absolute Gasteiger partial charge is 0.341 e. The lowest BCUT2D eigenvalue weighted by Crippen LogP contribution is -1.99. The van der Waals surface area contributed by atoms with Crippen molar-refractivity contribution >= 4 is 23.2 Å². The third-order valence-electron chi connectivity index (χ3n) is 2.85. The number of aromatic nitrogens is 3. The van der Waals surface area contributed by atoms with E-state index in [1.807, 2.05) is 0 Å². The topological polar surface area (TPSA) is 67.5 Å². The van der Waals surface area contributed by atoms with Crippen molar-refractivity contribution in [2.75, 3.05) is 0 Å². The lowest BCUT2D eigenvalue weighted by atomic mass is 10.1. The second kappa shape index (κ2) is 4.57. The summed E-state index contributed by atoms with van der Waals surface area (Å²) in [4.78, 5) is 15.1. The fourth-order valence-corrected chi connectivity index (χ4v) is 2.10. The first kappa shape index (κ1) is 12.6. The van der Waals surface area contributed by atoms with Crippen LogP contribution >= 0.6 is 11.6 Å². The van der Waals surface area contributed by atoms with Crippen LogP contribution in [0.15, 0.2) is 36.7 Å². The summed E-state index contributed by atoms with van der Waals surface area (Å²) in [6.45, 7) is 0. The van der Waals surface area contributed by atoms with Gasteiger partial charge in [0.25, 0.3) is 0 Å². The van der Waals surface area contributed by atoms with E-state index >= 15 is 0 Å². The normalized spacial score (nSPS) is 10.9. The molecule has 0 fully saturated rings. The Morgan fingerprint density at radius 3 is 2.85 bits per heavy atom. The van der Waals surface area contributed by atoms with Gasteiger partial charge < -0.3 is 5.11 Å². The fraction of sp³-hybridized carbons (Fsp3) is 0. The molecule has 5 nitrogen and oxygen atoms in total. The minimum absolute atomic E-state index is 0.0000543. The van der Waals surface area contributed by atoms with Gasteiger partial charge in [-0.05, 0) is 24.3 Å². The Hall–Kier alpha value is -2.47. The number of carboxylic acid groups (broad SMARTS) is 1. The zero-order chi connectivity index (χ0) is 14.3. The van der Waals surface area contributed by atoms with Gasteiger partial charge in [-0.1, -0.05) is 11.6 Å². The van der Waals surface area contributed by atoms with Crippen molar-refractivity contribution in [3.63, 3.8) is 0 Å². The molecule has 0 spiro atoms. The summed E-state index contributed by atoms with van der Waals surface area (Å²) in [7, 11) is 0. The van der Waals surface area contributed by atoms with Gasteiger partial charge in [0.05, 0.1) is 16.9 Å². The Morgan fingerprint density at radius 2 is 2.15 bits per heavy atom. The second-order valence-electron chi connectivity index (χ2n) is 4.06. The third-order valence-corrected chi connectivity index (χ3v) is 3.14. The minimum atomic E-state index is -1.11. The van der Waals surface area contributed by atoms with Crippen LogP contribution in [0.3, 0.4) is 0 Å².